The molecule has 1 rings (SSSR count). The fourth-order valence-electron chi connectivity index (χ4n) is 0.350. The second-order valence-corrected chi connectivity index (χ2v) is 1.97. The fraction of sp³-hybridized carbons (Fsp3) is 0. The maximum Gasteiger partial charge on any atom is 0.357 e. The lowest BCUT2D eigenvalue weighted by atomic mass is 10.5. The third-order valence-electron chi connectivity index (χ3n) is 0.695. The van der Waals surface area contributed by atoms with E-state index < -0.39 is 5.97 Å². The third-order valence-corrected chi connectivity index (χ3v) is 1.06. The van der Waals surface area contributed by atoms with Crippen molar-refractivity contribution >= 4 is 21.9 Å². The highest BCUT2D eigenvalue weighted by Crippen LogP contribution is 2.07. The lowest BCUT2D eigenvalue weighted by Crippen LogP contribution is -1.94. The Kier molecular flexibility index (Phi) is 1.52. The minimum atomic E-state index is -1.09. The SMILES string of the molecule is O=C(O)c1coc(Br)n1. The van der Waals surface area contributed by atoms with E-state index in [4.69, 9.17) is 5.11 Å². The number of halogens is 1. The van der Waals surface area contributed by atoms with Gasteiger partial charge in [-0.3, -0.25) is 0 Å². The largest absolute Gasteiger partial charge is 0.476 e. The maximum absolute atomic E-state index is 10.1. The first-order valence-corrected chi connectivity index (χ1v) is 2.84. The fourth-order valence-corrected chi connectivity index (χ4v) is 0.635. The van der Waals surface area contributed by atoms with Gasteiger partial charge in [0.1, 0.15) is 6.26 Å². The molecule has 0 spiro atoms. The molecule has 0 amide bonds. The zero-order valence-corrected chi connectivity index (χ0v) is 5.75. The number of carboxylic acid groups (broad SMARTS) is 1. The number of oxazole rings is 1. The highest BCUT2D eigenvalue weighted by atomic mass is 79.9. The molecule has 5 heteroatoms. The van der Waals surface area contributed by atoms with Gasteiger partial charge in [-0.25, -0.2) is 4.79 Å². The number of aromatic nitrogens is 1. The van der Waals surface area contributed by atoms with Gasteiger partial charge in [0, 0.05) is 15.9 Å². The molecular weight excluding hydrogens is 190 g/mol. The van der Waals surface area contributed by atoms with Crippen molar-refractivity contribution in [2.75, 3.05) is 0 Å². The molecule has 1 aromatic heterocycles. The molecule has 1 N–H and O–H groups in total. The van der Waals surface area contributed by atoms with Crippen LogP contribution in [0.3, 0.4) is 0 Å². The Hall–Kier alpha value is -0.840. The van der Waals surface area contributed by atoms with Gasteiger partial charge in [0.25, 0.3) is 4.80 Å². The van der Waals surface area contributed by atoms with Crippen molar-refractivity contribution in [1.82, 2.24) is 4.98 Å². The van der Waals surface area contributed by atoms with Gasteiger partial charge in [-0.05, 0) is 0 Å². The Bertz CT molecular complexity index is 231. The molecule has 0 aliphatic rings. The number of hydrogen-bond donors (Lipinski definition) is 1. The van der Waals surface area contributed by atoms with Gasteiger partial charge < -0.3 is 9.52 Å². The monoisotopic (exact) mass is 191 g/mol. The van der Waals surface area contributed by atoms with Gasteiger partial charge in [-0.2, -0.15) is 4.98 Å². The predicted molar refractivity (Wildman–Crippen MR) is 31.2 cm³/mol. The van der Waals surface area contributed by atoms with Crippen LogP contribution in [-0.2, 0) is 0 Å². The average molecular weight is 192 g/mol. The standard InChI is InChI=1S/C4H2BrNO3/c5-4-6-2(1-9-4)3(7)8/h1H,(H,7,8). The summed E-state index contributed by atoms with van der Waals surface area (Å²) in [6, 6.07) is 0. The van der Waals surface area contributed by atoms with Gasteiger partial charge in [-0.1, -0.05) is 0 Å². The summed E-state index contributed by atoms with van der Waals surface area (Å²) < 4.78 is 4.55. The first-order valence-electron chi connectivity index (χ1n) is 2.04. The van der Waals surface area contributed by atoms with Crippen LogP contribution in [0.4, 0.5) is 0 Å². The minimum absolute atomic E-state index is 0.0955. The van der Waals surface area contributed by atoms with Gasteiger partial charge in [0.15, 0.2) is 5.69 Å². The quantitative estimate of drug-likeness (QED) is 0.724. The molecule has 1 heterocycles. The van der Waals surface area contributed by atoms with E-state index in [1.54, 1.807) is 0 Å². The maximum atomic E-state index is 10.1. The Morgan fingerprint density at radius 3 is 2.78 bits per heavy atom. The highest BCUT2D eigenvalue weighted by Gasteiger charge is 2.06. The summed E-state index contributed by atoms with van der Waals surface area (Å²) in [6.45, 7) is 0. The van der Waals surface area contributed by atoms with Crippen molar-refractivity contribution in [1.29, 1.82) is 0 Å². The summed E-state index contributed by atoms with van der Waals surface area (Å²) in [5, 5.41) is 8.25. The average Bonchev–Trinajstić information content (AvgIpc) is 2.14. The molecule has 1 aromatic rings. The van der Waals surface area contributed by atoms with Crippen molar-refractivity contribution in [3.63, 3.8) is 0 Å². The van der Waals surface area contributed by atoms with Gasteiger partial charge in [0.2, 0.25) is 0 Å². The summed E-state index contributed by atoms with van der Waals surface area (Å²) in [4.78, 5) is 13.7. The van der Waals surface area contributed by atoms with Gasteiger partial charge >= 0.3 is 5.97 Å². The lowest BCUT2D eigenvalue weighted by molar-refractivity contribution is 0.0690. The number of nitrogens with zero attached hydrogens (tertiary/aromatic N) is 1. The Morgan fingerprint density at radius 1 is 1.89 bits per heavy atom. The number of carboxylic acids is 1. The van der Waals surface area contributed by atoms with E-state index in [2.05, 4.69) is 25.3 Å². The summed E-state index contributed by atoms with van der Waals surface area (Å²) in [6.07, 6.45) is 1.06. The van der Waals surface area contributed by atoms with E-state index in [1.807, 2.05) is 0 Å². The van der Waals surface area contributed by atoms with Crippen molar-refractivity contribution in [3.05, 3.63) is 16.8 Å². The van der Waals surface area contributed by atoms with Crippen LogP contribution in [0.1, 0.15) is 10.5 Å². The van der Waals surface area contributed by atoms with Crippen LogP contribution >= 0.6 is 15.9 Å². The molecule has 0 unspecified atom stereocenters. The van der Waals surface area contributed by atoms with Crippen molar-refractivity contribution in [3.8, 4) is 0 Å². The van der Waals surface area contributed by atoms with Crippen LogP contribution in [-0.4, -0.2) is 16.1 Å². The molecule has 0 fully saturated rings. The highest BCUT2D eigenvalue weighted by molar-refractivity contribution is 9.10. The smallest absolute Gasteiger partial charge is 0.357 e. The normalized spacial score (nSPS) is 9.44. The molecule has 0 aromatic carbocycles. The number of hydrogen-bond acceptors (Lipinski definition) is 3. The predicted octanol–water partition coefficient (Wildman–Crippen LogP) is 1.14. The molecule has 0 aliphatic heterocycles. The van der Waals surface area contributed by atoms with Crippen LogP contribution in [0.25, 0.3) is 0 Å². The molecule has 9 heavy (non-hydrogen) atoms. The Balaban J connectivity index is 2.98. The Labute approximate surface area is 58.6 Å². The molecule has 0 saturated carbocycles. The van der Waals surface area contributed by atoms with Crippen LogP contribution in [0.5, 0.6) is 0 Å². The summed E-state index contributed by atoms with van der Waals surface area (Å²) in [5.41, 5.74) is -0.0955. The first-order chi connectivity index (χ1) is 4.20. The van der Waals surface area contributed by atoms with Crippen molar-refractivity contribution < 1.29 is 14.3 Å². The summed E-state index contributed by atoms with van der Waals surface area (Å²) >= 11 is 2.86. The minimum Gasteiger partial charge on any atom is -0.476 e. The molecule has 0 radical (unpaired) electrons. The molecule has 0 saturated heterocycles. The molecule has 0 atom stereocenters. The second kappa shape index (κ2) is 2.18. The van der Waals surface area contributed by atoms with Crippen molar-refractivity contribution in [2.45, 2.75) is 0 Å². The topological polar surface area (TPSA) is 63.3 Å². The zero-order valence-electron chi connectivity index (χ0n) is 4.17. The number of carbonyl (C=O) groups is 1. The molecule has 0 aliphatic carbocycles. The third kappa shape index (κ3) is 1.29. The van der Waals surface area contributed by atoms with E-state index >= 15 is 0 Å². The molecule has 4 nitrogen and oxygen atoms in total. The van der Waals surface area contributed by atoms with E-state index in [0.29, 0.717) is 0 Å². The summed E-state index contributed by atoms with van der Waals surface area (Å²) in [5.74, 6) is -1.09. The molecule has 48 valence electrons. The Morgan fingerprint density at radius 2 is 2.56 bits per heavy atom. The molecule has 0 bridgehead atoms. The van der Waals surface area contributed by atoms with E-state index in [1.165, 1.54) is 0 Å². The van der Waals surface area contributed by atoms with Crippen LogP contribution in [0, 0.1) is 0 Å². The van der Waals surface area contributed by atoms with Crippen LogP contribution in [0.15, 0.2) is 15.5 Å². The van der Waals surface area contributed by atoms with Gasteiger partial charge in [0.05, 0.1) is 0 Å². The first kappa shape index (κ1) is 6.28. The van der Waals surface area contributed by atoms with E-state index in [0.717, 1.165) is 6.26 Å². The van der Waals surface area contributed by atoms with E-state index in [9.17, 15) is 4.79 Å². The van der Waals surface area contributed by atoms with Crippen LogP contribution in [0.2, 0.25) is 0 Å². The molecular formula is C4H2BrNO3. The van der Waals surface area contributed by atoms with E-state index in [-0.39, 0.29) is 10.5 Å². The second-order valence-electron chi connectivity index (χ2n) is 1.29. The number of aromatic carboxylic acids is 1. The number of rotatable bonds is 1. The van der Waals surface area contributed by atoms with Gasteiger partial charge in [-0.15, -0.1) is 0 Å². The summed E-state index contributed by atoms with van der Waals surface area (Å²) in [7, 11) is 0. The lowest BCUT2D eigenvalue weighted by Gasteiger charge is -1.76. The van der Waals surface area contributed by atoms with Crippen molar-refractivity contribution in [2.24, 2.45) is 0 Å². The van der Waals surface area contributed by atoms with Crippen LogP contribution < -0.4 is 0 Å². The zero-order chi connectivity index (χ0) is 6.85.